The van der Waals surface area contributed by atoms with Crippen molar-refractivity contribution in [3.05, 3.63) is 47.9 Å². The van der Waals surface area contributed by atoms with Crippen LogP contribution in [0.5, 0.6) is 0 Å². The van der Waals surface area contributed by atoms with E-state index in [4.69, 9.17) is 4.98 Å². The first-order valence-corrected chi connectivity index (χ1v) is 9.00. The number of hydrogen-bond acceptors (Lipinski definition) is 3. The SMILES string of the molecule is C=C(CCC)C1NN(C2CC(CC)C2)C=C1c1cccc(C)n1. The van der Waals surface area contributed by atoms with Gasteiger partial charge in [-0.3, -0.25) is 4.98 Å². The fourth-order valence-electron chi connectivity index (χ4n) is 3.65. The molecule has 1 atom stereocenters. The van der Waals surface area contributed by atoms with E-state index < -0.39 is 0 Å². The van der Waals surface area contributed by atoms with E-state index in [1.54, 1.807) is 0 Å². The smallest absolute Gasteiger partial charge is 0.0755 e. The molecule has 3 rings (SSSR count). The maximum Gasteiger partial charge on any atom is 0.0755 e. The molecule has 2 heterocycles. The Labute approximate surface area is 140 Å². The van der Waals surface area contributed by atoms with Gasteiger partial charge in [0.1, 0.15) is 0 Å². The second-order valence-corrected chi connectivity index (χ2v) is 7.03. The second-order valence-electron chi connectivity index (χ2n) is 7.03. The lowest BCUT2D eigenvalue weighted by Gasteiger charge is -2.41. The molecule has 0 amide bonds. The standard InChI is InChI=1S/C20H29N3/c1-5-8-14(3)20-18(19-10-7-9-15(4)21-19)13-23(22-20)17-11-16(6-2)12-17/h7,9-10,13,16-17,20,22H,3,5-6,8,11-12H2,1-2,4H3. The molecule has 1 saturated carbocycles. The Morgan fingerprint density at radius 3 is 2.78 bits per heavy atom. The molecule has 0 aromatic carbocycles. The van der Waals surface area contributed by atoms with Crippen LogP contribution in [-0.4, -0.2) is 22.1 Å². The molecule has 3 nitrogen and oxygen atoms in total. The van der Waals surface area contributed by atoms with Gasteiger partial charge < -0.3 is 5.01 Å². The van der Waals surface area contributed by atoms with Gasteiger partial charge in [-0.15, -0.1) is 0 Å². The molecule has 1 aliphatic heterocycles. The molecule has 1 aromatic heterocycles. The topological polar surface area (TPSA) is 28.2 Å². The van der Waals surface area contributed by atoms with Gasteiger partial charge >= 0.3 is 0 Å². The molecule has 1 unspecified atom stereocenters. The molecule has 124 valence electrons. The van der Waals surface area contributed by atoms with Crippen molar-refractivity contribution in [2.75, 3.05) is 0 Å². The van der Waals surface area contributed by atoms with Crippen LogP contribution in [0, 0.1) is 12.8 Å². The number of hydrazine groups is 1. The summed E-state index contributed by atoms with van der Waals surface area (Å²) in [6, 6.07) is 7.09. The van der Waals surface area contributed by atoms with Gasteiger partial charge in [0, 0.05) is 23.5 Å². The Morgan fingerprint density at radius 2 is 2.13 bits per heavy atom. The van der Waals surface area contributed by atoms with Crippen molar-refractivity contribution in [3.8, 4) is 0 Å². The number of hydrogen-bond donors (Lipinski definition) is 1. The van der Waals surface area contributed by atoms with E-state index in [1.807, 2.05) is 0 Å². The second kappa shape index (κ2) is 6.88. The molecule has 3 heteroatoms. The Bertz CT molecular complexity index is 599. The van der Waals surface area contributed by atoms with E-state index in [0.29, 0.717) is 6.04 Å². The summed E-state index contributed by atoms with van der Waals surface area (Å²) < 4.78 is 0. The summed E-state index contributed by atoms with van der Waals surface area (Å²) in [4.78, 5) is 4.74. The lowest BCUT2D eigenvalue weighted by Crippen LogP contribution is -2.48. The van der Waals surface area contributed by atoms with Crippen molar-refractivity contribution in [2.24, 2.45) is 5.92 Å². The van der Waals surface area contributed by atoms with Crippen LogP contribution in [-0.2, 0) is 0 Å². The molecule has 1 aromatic rings. The van der Waals surface area contributed by atoms with Gasteiger partial charge in [0.25, 0.3) is 0 Å². The van der Waals surface area contributed by atoms with Crippen molar-refractivity contribution in [1.29, 1.82) is 0 Å². The molecular formula is C20H29N3. The monoisotopic (exact) mass is 311 g/mol. The van der Waals surface area contributed by atoms with Crippen LogP contribution < -0.4 is 5.43 Å². The summed E-state index contributed by atoms with van der Waals surface area (Å²) in [6.45, 7) is 10.9. The van der Waals surface area contributed by atoms with Gasteiger partial charge in [0.15, 0.2) is 0 Å². The van der Waals surface area contributed by atoms with E-state index in [0.717, 1.165) is 30.1 Å². The molecule has 0 saturated heterocycles. The third-order valence-electron chi connectivity index (χ3n) is 5.21. The molecule has 1 aliphatic carbocycles. The van der Waals surface area contributed by atoms with E-state index in [9.17, 15) is 0 Å². The van der Waals surface area contributed by atoms with Crippen LogP contribution >= 0.6 is 0 Å². The van der Waals surface area contributed by atoms with Gasteiger partial charge in [-0.1, -0.05) is 44.9 Å². The van der Waals surface area contributed by atoms with Crippen molar-refractivity contribution in [2.45, 2.75) is 65.0 Å². The summed E-state index contributed by atoms with van der Waals surface area (Å²) in [6.07, 6.45) is 8.35. The zero-order valence-electron chi connectivity index (χ0n) is 14.7. The number of rotatable bonds is 6. The minimum Gasteiger partial charge on any atom is -0.311 e. The maximum absolute atomic E-state index is 4.74. The minimum absolute atomic E-state index is 0.199. The van der Waals surface area contributed by atoms with Gasteiger partial charge in [-0.2, -0.15) is 0 Å². The Hall–Kier alpha value is -1.61. The first-order valence-electron chi connectivity index (χ1n) is 9.00. The zero-order chi connectivity index (χ0) is 16.4. The zero-order valence-corrected chi connectivity index (χ0v) is 14.7. The highest BCUT2D eigenvalue weighted by Gasteiger charge is 2.37. The Balaban J connectivity index is 1.82. The summed E-state index contributed by atoms with van der Waals surface area (Å²) >= 11 is 0. The predicted molar refractivity (Wildman–Crippen MR) is 96.6 cm³/mol. The normalized spacial score (nSPS) is 26.8. The highest BCUT2D eigenvalue weighted by atomic mass is 15.5. The number of nitrogens with one attached hydrogen (secondary N) is 1. The van der Waals surface area contributed by atoms with Gasteiger partial charge in [-0.05, 0) is 44.2 Å². The fraction of sp³-hybridized carbons (Fsp3) is 0.550. The molecular weight excluding hydrogens is 282 g/mol. The van der Waals surface area contributed by atoms with Gasteiger partial charge in [0.05, 0.1) is 11.7 Å². The molecule has 2 aliphatic rings. The minimum atomic E-state index is 0.199. The molecule has 0 bridgehead atoms. The highest BCUT2D eigenvalue weighted by molar-refractivity contribution is 5.71. The largest absolute Gasteiger partial charge is 0.311 e. The third-order valence-corrected chi connectivity index (χ3v) is 5.21. The summed E-state index contributed by atoms with van der Waals surface area (Å²) in [5.74, 6) is 0.897. The average Bonchev–Trinajstić information content (AvgIpc) is 2.91. The molecule has 1 N–H and O–H groups in total. The first kappa shape index (κ1) is 16.3. The summed E-state index contributed by atoms with van der Waals surface area (Å²) in [7, 11) is 0. The van der Waals surface area contributed by atoms with E-state index in [-0.39, 0.29) is 6.04 Å². The van der Waals surface area contributed by atoms with Crippen LogP contribution in [0.1, 0.15) is 57.3 Å². The summed E-state index contributed by atoms with van der Waals surface area (Å²) in [5.41, 5.74) is 8.37. The Kier molecular flexibility index (Phi) is 4.86. The molecule has 0 spiro atoms. The van der Waals surface area contributed by atoms with Crippen molar-refractivity contribution in [1.82, 2.24) is 15.4 Å². The van der Waals surface area contributed by atoms with E-state index >= 15 is 0 Å². The highest BCUT2D eigenvalue weighted by Crippen LogP contribution is 2.37. The van der Waals surface area contributed by atoms with E-state index in [1.165, 1.54) is 30.4 Å². The lowest BCUT2D eigenvalue weighted by atomic mass is 9.78. The number of aromatic nitrogens is 1. The lowest BCUT2D eigenvalue weighted by molar-refractivity contribution is 0.0823. The molecule has 23 heavy (non-hydrogen) atoms. The van der Waals surface area contributed by atoms with Crippen molar-refractivity contribution < 1.29 is 0 Å². The van der Waals surface area contributed by atoms with Crippen LogP contribution in [0.25, 0.3) is 5.57 Å². The number of nitrogens with zero attached hydrogens (tertiary/aromatic N) is 2. The molecule has 0 radical (unpaired) electrons. The predicted octanol–water partition coefficient (Wildman–Crippen LogP) is 4.46. The van der Waals surface area contributed by atoms with Crippen molar-refractivity contribution >= 4 is 5.57 Å². The molecule has 1 fully saturated rings. The quantitative estimate of drug-likeness (QED) is 0.786. The number of pyridine rings is 1. The van der Waals surface area contributed by atoms with Crippen LogP contribution in [0.15, 0.2) is 36.6 Å². The third kappa shape index (κ3) is 3.35. The van der Waals surface area contributed by atoms with Gasteiger partial charge in [0.2, 0.25) is 0 Å². The fourth-order valence-corrected chi connectivity index (χ4v) is 3.65. The van der Waals surface area contributed by atoms with Crippen LogP contribution in [0.4, 0.5) is 0 Å². The van der Waals surface area contributed by atoms with Gasteiger partial charge in [-0.25, -0.2) is 5.43 Å². The first-order chi connectivity index (χ1) is 11.1. The Morgan fingerprint density at radius 1 is 1.35 bits per heavy atom. The van der Waals surface area contributed by atoms with Crippen LogP contribution in [0.3, 0.4) is 0 Å². The number of aryl methyl sites for hydroxylation is 1. The summed E-state index contributed by atoms with van der Waals surface area (Å²) in [5, 5.41) is 2.33. The van der Waals surface area contributed by atoms with Crippen molar-refractivity contribution in [3.63, 3.8) is 0 Å². The van der Waals surface area contributed by atoms with Crippen LogP contribution in [0.2, 0.25) is 0 Å². The maximum atomic E-state index is 4.74. The van der Waals surface area contributed by atoms with E-state index in [2.05, 4.69) is 62.2 Å². The average molecular weight is 311 g/mol.